The van der Waals surface area contributed by atoms with Crippen LogP contribution in [0, 0.1) is 0 Å². The van der Waals surface area contributed by atoms with Crippen LogP contribution in [0.25, 0.3) is 0 Å². The average molecular weight is 464 g/mol. The smallest absolute Gasteiger partial charge is 0.191 e. The molecule has 0 radical (unpaired) electrons. The zero-order valence-corrected chi connectivity index (χ0v) is 17.3. The lowest BCUT2D eigenvalue weighted by Gasteiger charge is -2.13. The molecule has 0 saturated heterocycles. The van der Waals surface area contributed by atoms with Crippen molar-refractivity contribution in [1.82, 2.24) is 15.6 Å². The van der Waals surface area contributed by atoms with E-state index in [9.17, 15) is 5.11 Å². The third-order valence-electron chi connectivity index (χ3n) is 3.21. The molecule has 0 amide bonds. The van der Waals surface area contributed by atoms with Gasteiger partial charge in [-0.25, -0.2) is 9.98 Å². The van der Waals surface area contributed by atoms with E-state index in [1.807, 2.05) is 6.92 Å². The lowest BCUT2D eigenvalue weighted by atomic mass is 10.2. The van der Waals surface area contributed by atoms with Crippen molar-refractivity contribution in [3.05, 3.63) is 40.2 Å². The number of hydrogen-bond donors (Lipinski definition) is 3. The first kappa shape index (κ1) is 20.9. The van der Waals surface area contributed by atoms with Crippen LogP contribution >= 0.6 is 35.3 Å². The summed E-state index contributed by atoms with van der Waals surface area (Å²) in [6, 6.07) is 3.51. The van der Waals surface area contributed by atoms with E-state index in [0.717, 1.165) is 17.2 Å². The summed E-state index contributed by atoms with van der Waals surface area (Å²) in [6.07, 6.45) is 0.841. The van der Waals surface area contributed by atoms with E-state index in [2.05, 4.69) is 39.8 Å². The lowest BCUT2D eigenvalue weighted by Crippen LogP contribution is -2.39. The monoisotopic (exact) mass is 464 g/mol. The number of guanidine groups is 1. The molecule has 0 aliphatic heterocycles. The summed E-state index contributed by atoms with van der Waals surface area (Å²) < 4.78 is 5.18. The molecule has 0 fully saturated rings. The Balaban J connectivity index is 0.00000288. The molecule has 3 N–H and O–H groups in total. The minimum absolute atomic E-state index is 0. The Kier molecular flexibility index (Phi) is 9.30. The van der Waals surface area contributed by atoms with Gasteiger partial charge >= 0.3 is 0 Å². The Bertz CT molecular complexity index is 613. The van der Waals surface area contributed by atoms with Crippen molar-refractivity contribution >= 4 is 41.3 Å². The normalized spacial score (nSPS) is 12.8. The SMILES string of the molecule is CCNC(=NCc1nc(C(C)C)cs1)NCC(O)c1ccco1.I. The number of halogens is 1. The van der Waals surface area contributed by atoms with Crippen LogP contribution in [0.3, 0.4) is 0 Å². The fourth-order valence-corrected chi connectivity index (χ4v) is 2.80. The summed E-state index contributed by atoms with van der Waals surface area (Å²) in [4.78, 5) is 9.08. The fraction of sp³-hybridized carbons (Fsp3) is 0.500. The molecule has 24 heavy (non-hydrogen) atoms. The zero-order chi connectivity index (χ0) is 16.7. The molecule has 0 aromatic carbocycles. The lowest BCUT2D eigenvalue weighted by molar-refractivity contribution is 0.153. The molecule has 2 aromatic rings. The van der Waals surface area contributed by atoms with E-state index in [1.165, 1.54) is 0 Å². The highest BCUT2D eigenvalue weighted by Gasteiger charge is 2.11. The van der Waals surface area contributed by atoms with Crippen molar-refractivity contribution in [1.29, 1.82) is 0 Å². The number of rotatable bonds is 7. The van der Waals surface area contributed by atoms with Crippen molar-refractivity contribution in [2.75, 3.05) is 13.1 Å². The molecule has 1 unspecified atom stereocenters. The first-order valence-electron chi connectivity index (χ1n) is 7.78. The quantitative estimate of drug-likeness (QED) is 0.333. The molecule has 8 heteroatoms. The van der Waals surface area contributed by atoms with Gasteiger partial charge in [-0.05, 0) is 25.0 Å². The number of furan rings is 1. The first-order valence-corrected chi connectivity index (χ1v) is 8.66. The molecule has 6 nitrogen and oxygen atoms in total. The summed E-state index contributed by atoms with van der Waals surface area (Å²) >= 11 is 1.62. The highest BCUT2D eigenvalue weighted by atomic mass is 127. The topological polar surface area (TPSA) is 82.7 Å². The molecule has 2 rings (SSSR count). The zero-order valence-electron chi connectivity index (χ0n) is 14.2. The van der Waals surface area contributed by atoms with Crippen molar-refractivity contribution in [2.45, 2.75) is 39.3 Å². The second kappa shape index (κ2) is 10.7. The van der Waals surface area contributed by atoms with Crippen LogP contribution in [0.2, 0.25) is 0 Å². The predicted molar refractivity (Wildman–Crippen MR) is 108 cm³/mol. The van der Waals surface area contributed by atoms with E-state index in [-0.39, 0.29) is 24.0 Å². The van der Waals surface area contributed by atoms with Gasteiger partial charge in [0.1, 0.15) is 16.9 Å². The molecule has 0 aliphatic carbocycles. The van der Waals surface area contributed by atoms with Crippen molar-refractivity contribution in [3.63, 3.8) is 0 Å². The number of aromatic nitrogens is 1. The van der Waals surface area contributed by atoms with Crippen molar-refractivity contribution in [2.24, 2.45) is 4.99 Å². The van der Waals surface area contributed by atoms with E-state index in [4.69, 9.17) is 4.42 Å². The Morgan fingerprint density at radius 2 is 2.21 bits per heavy atom. The van der Waals surface area contributed by atoms with Crippen LogP contribution < -0.4 is 10.6 Å². The van der Waals surface area contributed by atoms with Gasteiger partial charge in [-0.1, -0.05) is 13.8 Å². The highest BCUT2D eigenvalue weighted by Crippen LogP contribution is 2.18. The second-order valence-corrected chi connectivity index (χ2v) is 6.37. The maximum Gasteiger partial charge on any atom is 0.191 e. The number of thiazole rings is 1. The fourth-order valence-electron chi connectivity index (χ4n) is 1.93. The molecular weight excluding hydrogens is 439 g/mol. The summed E-state index contributed by atoms with van der Waals surface area (Å²) in [6.45, 7) is 7.85. The van der Waals surface area contributed by atoms with Crippen LogP contribution in [0.4, 0.5) is 0 Å². The minimum Gasteiger partial charge on any atom is -0.467 e. The summed E-state index contributed by atoms with van der Waals surface area (Å²) in [5.74, 6) is 1.62. The van der Waals surface area contributed by atoms with Gasteiger partial charge in [0.15, 0.2) is 5.96 Å². The van der Waals surface area contributed by atoms with Gasteiger partial charge in [0, 0.05) is 11.9 Å². The number of nitrogens with zero attached hydrogens (tertiary/aromatic N) is 2. The third-order valence-corrected chi connectivity index (χ3v) is 4.06. The number of aliphatic hydroxyl groups is 1. The van der Waals surface area contributed by atoms with E-state index < -0.39 is 6.10 Å². The van der Waals surface area contributed by atoms with Gasteiger partial charge in [-0.2, -0.15) is 0 Å². The Labute approximate surface area is 163 Å². The highest BCUT2D eigenvalue weighted by molar-refractivity contribution is 14.0. The minimum atomic E-state index is -0.707. The van der Waals surface area contributed by atoms with Crippen LogP contribution in [0.1, 0.15) is 49.3 Å². The molecule has 0 bridgehead atoms. The van der Waals surface area contributed by atoms with Crippen LogP contribution in [-0.2, 0) is 6.54 Å². The third kappa shape index (κ3) is 6.40. The standard InChI is InChI=1S/C16H24N4O2S.HI/c1-4-17-16(18-8-13(21)14-6-5-7-22-14)19-9-15-20-12(10-23-15)11(2)3;/h5-7,10-11,13,21H,4,8-9H2,1-3H3,(H2,17,18,19);1H. The summed E-state index contributed by atoms with van der Waals surface area (Å²) in [7, 11) is 0. The van der Waals surface area contributed by atoms with Gasteiger partial charge in [-0.15, -0.1) is 35.3 Å². The second-order valence-electron chi connectivity index (χ2n) is 5.43. The van der Waals surface area contributed by atoms with Crippen LogP contribution in [0.5, 0.6) is 0 Å². The molecule has 1 atom stereocenters. The number of aliphatic imine (C=N–C) groups is 1. The molecule has 0 spiro atoms. The van der Waals surface area contributed by atoms with E-state index >= 15 is 0 Å². The van der Waals surface area contributed by atoms with Gasteiger partial charge < -0.3 is 20.2 Å². The van der Waals surface area contributed by atoms with Crippen LogP contribution in [-0.4, -0.2) is 29.1 Å². The van der Waals surface area contributed by atoms with Gasteiger partial charge in [-0.3, -0.25) is 0 Å². The first-order chi connectivity index (χ1) is 11.1. The molecule has 0 saturated carbocycles. The molecule has 134 valence electrons. The predicted octanol–water partition coefficient (Wildman–Crippen LogP) is 3.27. The van der Waals surface area contributed by atoms with Gasteiger partial charge in [0.2, 0.25) is 0 Å². The Hall–Kier alpha value is -1.13. The number of nitrogens with one attached hydrogen (secondary N) is 2. The molecule has 2 heterocycles. The molecular formula is C16H25IN4O2S. The maximum atomic E-state index is 10.0. The van der Waals surface area contributed by atoms with Gasteiger partial charge in [0.05, 0.1) is 25.0 Å². The van der Waals surface area contributed by atoms with E-state index in [1.54, 1.807) is 29.7 Å². The van der Waals surface area contributed by atoms with Crippen LogP contribution in [0.15, 0.2) is 33.2 Å². The number of hydrogen-bond acceptors (Lipinski definition) is 5. The van der Waals surface area contributed by atoms with Gasteiger partial charge in [0.25, 0.3) is 0 Å². The molecule has 2 aromatic heterocycles. The summed E-state index contributed by atoms with van der Waals surface area (Å²) in [5.41, 5.74) is 1.10. The maximum absolute atomic E-state index is 10.0. The molecule has 0 aliphatic rings. The van der Waals surface area contributed by atoms with Crippen molar-refractivity contribution < 1.29 is 9.52 Å². The van der Waals surface area contributed by atoms with E-state index in [0.29, 0.717) is 30.7 Å². The number of aliphatic hydroxyl groups excluding tert-OH is 1. The Morgan fingerprint density at radius 3 is 2.79 bits per heavy atom. The van der Waals surface area contributed by atoms with Crippen molar-refractivity contribution in [3.8, 4) is 0 Å². The average Bonchev–Trinajstić information content (AvgIpc) is 3.20. The Morgan fingerprint density at radius 1 is 1.42 bits per heavy atom. The summed E-state index contributed by atoms with van der Waals surface area (Å²) in [5, 5.41) is 19.4. The largest absolute Gasteiger partial charge is 0.467 e.